The van der Waals surface area contributed by atoms with E-state index in [9.17, 15) is 4.79 Å². The number of hydrogen-bond donors (Lipinski definition) is 0. The van der Waals surface area contributed by atoms with Crippen LogP contribution in [-0.4, -0.2) is 42.0 Å². The Morgan fingerprint density at radius 3 is 3.07 bits per heavy atom. The van der Waals surface area contributed by atoms with Crippen LogP contribution < -0.4 is 0 Å². The lowest BCUT2D eigenvalue weighted by Crippen LogP contribution is -2.55. The van der Waals surface area contributed by atoms with Crippen LogP contribution in [0.2, 0.25) is 0 Å². The third-order valence-corrected chi connectivity index (χ3v) is 4.20. The van der Waals surface area contributed by atoms with Crippen molar-refractivity contribution in [1.29, 1.82) is 0 Å². The van der Waals surface area contributed by atoms with Gasteiger partial charge in [0.15, 0.2) is 0 Å². The Bertz CT molecular complexity index is 279. The highest BCUT2D eigenvalue weighted by Gasteiger charge is 2.47. The van der Waals surface area contributed by atoms with Gasteiger partial charge in [-0.3, -0.25) is 9.69 Å². The van der Waals surface area contributed by atoms with Gasteiger partial charge < -0.3 is 4.74 Å². The lowest BCUT2D eigenvalue weighted by molar-refractivity contribution is -0.156. The van der Waals surface area contributed by atoms with E-state index in [0.29, 0.717) is 18.2 Å². The van der Waals surface area contributed by atoms with Crippen LogP contribution in [-0.2, 0) is 9.53 Å². The third-order valence-electron chi connectivity index (χ3n) is 4.20. The van der Waals surface area contributed by atoms with Crippen LogP contribution in [0.3, 0.4) is 0 Å². The Morgan fingerprint density at radius 1 is 1.33 bits per heavy atom. The standard InChI is InChI=1S/C12H19NO2/c1-8-7-10(14)12-9-3-2-5-13(9)6-4-11(12)15-8/h8-9,11-12H,2-7H2,1H3/t8-,9-,11-,12+/m0/s1. The zero-order valence-corrected chi connectivity index (χ0v) is 9.32. The van der Waals surface area contributed by atoms with Gasteiger partial charge in [-0.1, -0.05) is 0 Å². The van der Waals surface area contributed by atoms with Gasteiger partial charge in [-0.25, -0.2) is 0 Å². The van der Waals surface area contributed by atoms with Gasteiger partial charge in [-0.2, -0.15) is 0 Å². The van der Waals surface area contributed by atoms with Crippen molar-refractivity contribution in [3.05, 3.63) is 0 Å². The van der Waals surface area contributed by atoms with E-state index >= 15 is 0 Å². The van der Waals surface area contributed by atoms with E-state index in [4.69, 9.17) is 4.74 Å². The Balaban J connectivity index is 1.83. The molecule has 3 heteroatoms. The minimum absolute atomic E-state index is 0.145. The van der Waals surface area contributed by atoms with Crippen molar-refractivity contribution >= 4 is 5.78 Å². The highest BCUT2D eigenvalue weighted by atomic mass is 16.5. The highest BCUT2D eigenvalue weighted by Crippen LogP contribution is 2.37. The fourth-order valence-electron chi connectivity index (χ4n) is 3.60. The topological polar surface area (TPSA) is 29.5 Å². The van der Waals surface area contributed by atoms with Gasteiger partial charge in [0.1, 0.15) is 5.78 Å². The van der Waals surface area contributed by atoms with E-state index in [0.717, 1.165) is 13.0 Å². The summed E-state index contributed by atoms with van der Waals surface area (Å²) >= 11 is 0. The van der Waals surface area contributed by atoms with Gasteiger partial charge in [-0.05, 0) is 32.7 Å². The zero-order chi connectivity index (χ0) is 10.4. The second-order valence-electron chi connectivity index (χ2n) is 5.22. The Kier molecular flexibility index (Phi) is 2.33. The van der Waals surface area contributed by atoms with Gasteiger partial charge in [-0.15, -0.1) is 0 Å². The van der Waals surface area contributed by atoms with Gasteiger partial charge >= 0.3 is 0 Å². The maximum absolute atomic E-state index is 12.1. The highest BCUT2D eigenvalue weighted by molar-refractivity contribution is 5.83. The first-order valence-corrected chi connectivity index (χ1v) is 6.18. The maximum atomic E-state index is 12.1. The SMILES string of the molecule is C[C@H]1CC(=O)[C@@H]2[C@H](CCN3CCC[C@@H]23)O1. The Hall–Kier alpha value is -0.410. The fourth-order valence-corrected chi connectivity index (χ4v) is 3.60. The number of nitrogens with zero attached hydrogens (tertiary/aromatic N) is 1. The molecule has 3 nitrogen and oxygen atoms in total. The maximum Gasteiger partial charge on any atom is 0.142 e. The predicted octanol–water partition coefficient (Wildman–Crippen LogP) is 1.22. The van der Waals surface area contributed by atoms with Crippen LogP contribution in [0.4, 0.5) is 0 Å². The van der Waals surface area contributed by atoms with Crippen LogP contribution in [0.15, 0.2) is 0 Å². The Morgan fingerprint density at radius 2 is 2.20 bits per heavy atom. The van der Waals surface area contributed by atoms with Crippen LogP contribution in [0.25, 0.3) is 0 Å². The molecule has 0 spiro atoms. The first-order chi connectivity index (χ1) is 7.25. The van der Waals surface area contributed by atoms with Gasteiger partial charge in [0, 0.05) is 19.0 Å². The summed E-state index contributed by atoms with van der Waals surface area (Å²) in [5.41, 5.74) is 0. The van der Waals surface area contributed by atoms with Crippen molar-refractivity contribution in [2.24, 2.45) is 5.92 Å². The number of Topliss-reactive ketones (excluding diaryl/α,β-unsaturated/α-hetero) is 1. The quantitative estimate of drug-likeness (QED) is 0.600. The molecular weight excluding hydrogens is 190 g/mol. The number of carbonyl (C=O) groups excluding carboxylic acids is 1. The summed E-state index contributed by atoms with van der Waals surface area (Å²) < 4.78 is 5.92. The molecule has 0 aliphatic carbocycles. The van der Waals surface area contributed by atoms with E-state index in [1.165, 1.54) is 19.4 Å². The lowest BCUT2D eigenvalue weighted by Gasteiger charge is -2.45. The molecule has 0 amide bonds. The molecule has 0 N–H and O–H groups in total. The van der Waals surface area contributed by atoms with Crippen molar-refractivity contribution in [2.45, 2.75) is 50.9 Å². The second-order valence-corrected chi connectivity index (χ2v) is 5.22. The van der Waals surface area contributed by atoms with Crippen molar-refractivity contribution in [3.8, 4) is 0 Å². The molecule has 15 heavy (non-hydrogen) atoms. The van der Waals surface area contributed by atoms with Gasteiger partial charge in [0.2, 0.25) is 0 Å². The molecule has 84 valence electrons. The van der Waals surface area contributed by atoms with Gasteiger partial charge in [0.25, 0.3) is 0 Å². The number of hydrogen-bond acceptors (Lipinski definition) is 3. The van der Waals surface area contributed by atoms with Crippen LogP contribution in [0.5, 0.6) is 0 Å². The summed E-state index contributed by atoms with van der Waals surface area (Å²) in [5.74, 6) is 0.646. The first-order valence-electron chi connectivity index (χ1n) is 6.18. The van der Waals surface area contributed by atoms with Crippen LogP contribution in [0, 0.1) is 5.92 Å². The molecule has 3 aliphatic rings. The first kappa shape index (κ1) is 9.79. The van der Waals surface area contributed by atoms with Gasteiger partial charge in [0.05, 0.1) is 18.1 Å². The summed E-state index contributed by atoms with van der Waals surface area (Å²) in [6.07, 6.45) is 4.51. The number of ether oxygens (including phenoxy) is 1. The van der Waals surface area contributed by atoms with Crippen molar-refractivity contribution in [3.63, 3.8) is 0 Å². The molecule has 0 bridgehead atoms. The summed E-state index contributed by atoms with van der Waals surface area (Å²) in [7, 11) is 0. The summed E-state index contributed by atoms with van der Waals surface area (Å²) in [6, 6.07) is 0.503. The third kappa shape index (κ3) is 1.53. The fraction of sp³-hybridized carbons (Fsp3) is 0.917. The number of piperidine rings is 1. The molecule has 3 heterocycles. The number of rotatable bonds is 0. The predicted molar refractivity (Wildman–Crippen MR) is 56.7 cm³/mol. The molecule has 0 aromatic carbocycles. The zero-order valence-electron chi connectivity index (χ0n) is 9.32. The molecular formula is C12H19NO2. The van der Waals surface area contributed by atoms with Crippen molar-refractivity contribution < 1.29 is 9.53 Å². The molecule has 3 fully saturated rings. The van der Waals surface area contributed by atoms with Crippen LogP contribution in [0.1, 0.15) is 32.6 Å². The summed E-state index contributed by atoms with van der Waals surface area (Å²) in [5, 5.41) is 0. The molecule has 0 radical (unpaired) electrons. The van der Waals surface area contributed by atoms with E-state index in [-0.39, 0.29) is 18.1 Å². The molecule has 4 atom stereocenters. The van der Waals surface area contributed by atoms with E-state index in [2.05, 4.69) is 4.90 Å². The molecule has 3 rings (SSSR count). The molecule has 3 aliphatic heterocycles. The summed E-state index contributed by atoms with van der Waals surface area (Å²) in [6.45, 7) is 4.34. The minimum atomic E-state index is 0.145. The summed E-state index contributed by atoms with van der Waals surface area (Å²) in [4.78, 5) is 14.6. The number of fused-ring (bicyclic) bond motifs is 3. The molecule has 0 saturated carbocycles. The Labute approximate surface area is 90.8 Å². The molecule has 0 aromatic rings. The second kappa shape index (κ2) is 3.56. The number of ketones is 1. The average molecular weight is 209 g/mol. The normalized spacial score (nSPS) is 46.3. The largest absolute Gasteiger partial charge is 0.374 e. The number of carbonyl (C=O) groups is 1. The van der Waals surface area contributed by atoms with Crippen molar-refractivity contribution in [1.82, 2.24) is 4.90 Å². The molecule has 3 saturated heterocycles. The smallest absolute Gasteiger partial charge is 0.142 e. The van der Waals surface area contributed by atoms with E-state index < -0.39 is 0 Å². The average Bonchev–Trinajstić information content (AvgIpc) is 2.63. The molecule has 0 unspecified atom stereocenters. The van der Waals surface area contributed by atoms with E-state index in [1.54, 1.807) is 0 Å². The van der Waals surface area contributed by atoms with Crippen molar-refractivity contribution in [2.75, 3.05) is 13.1 Å². The monoisotopic (exact) mass is 209 g/mol. The van der Waals surface area contributed by atoms with Crippen LogP contribution >= 0.6 is 0 Å². The van der Waals surface area contributed by atoms with E-state index in [1.807, 2.05) is 6.92 Å². The minimum Gasteiger partial charge on any atom is -0.374 e. The lowest BCUT2D eigenvalue weighted by atomic mass is 9.79. The molecule has 0 aromatic heterocycles.